The first-order valence-corrected chi connectivity index (χ1v) is 5.57. The Balaban J connectivity index is 2.03. The SMILES string of the molecule is NC1CCC(C(=O)Nc2cc(F)cc(F)c2)C1. The van der Waals surface area contributed by atoms with E-state index in [1.54, 1.807) is 0 Å². The Morgan fingerprint density at radius 3 is 2.41 bits per heavy atom. The van der Waals surface area contributed by atoms with Crippen molar-refractivity contribution in [3.8, 4) is 0 Å². The molecule has 0 saturated heterocycles. The third kappa shape index (κ3) is 3.00. The van der Waals surface area contributed by atoms with Crippen molar-refractivity contribution in [2.24, 2.45) is 11.7 Å². The molecule has 0 aromatic heterocycles. The van der Waals surface area contributed by atoms with Crippen molar-refractivity contribution < 1.29 is 13.6 Å². The van der Waals surface area contributed by atoms with Gasteiger partial charge in [0.25, 0.3) is 0 Å². The maximum atomic E-state index is 12.9. The molecule has 0 bridgehead atoms. The quantitative estimate of drug-likeness (QED) is 0.831. The number of amides is 1. The van der Waals surface area contributed by atoms with Crippen LogP contribution in [0, 0.1) is 17.6 Å². The molecule has 3 N–H and O–H groups in total. The lowest BCUT2D eigenvalue weighted by molar-refractivity contribution is -0.119. The number of anilines is 1. The third-order valence-corrected chi connectivity index (χ3v) is 2.97. The molecule has 0 aliphatic heterocycles. The van der Waals surface area contributed by atoms with Crippen LogP contribution in [0.1, 0.15) is 19.3 Å². The molecule has 0 radical (unpaired) electrons. The number of benzene rings is 1. The van der Waals surface area contributed by atoms with Crippen LogP contribution in [0.4, 0.5) is 14.5 Å². The van der Waals surface area contributed by atoms with Crippen LogP contribution in [-0.4, -0.2) is 11.9 Å². The van der Waals surface area contributed by atoms with Gasteiger partial charge < -0.3 is 11.1 Å². The summed E-state index contributed by atoms with van der Waals surface area (Å²) in [6.45, 7) is 0. The lowest BCUT2D eigenvalue weighted by Crippen LogP contribution is -2.23. The fraction of sp³-hybridized carbons (Fsp3) is 0.417. The van der Waals surface area contributed by atoms with E-state index in [4.69, 9.17) is 5.73 Å². The van der Waals surface area contributed by atoms with Gasteiger partial charge in [-0.25, -0.2) is 8.78 Å². The molecular formula is C12H14F2N2O. The van der Waals surface area contributed by atoms with E-state index < -0.39 is 11.6 Å². The van der Waals surface area contributed by atoms with Crippen LogP contribution in [0.25, 0.3) is 0 Å². The van der Waals surface area contributed by atoms with Gasteiger partial charge in [0.15, 0.2) is 0 Å². The fourth-order valence-electron chi connectivity index (χ4n) is 2.12. The van der Waals surface area contributed by atoms with E-state index >= 15 is 0 Å². The number of halogens is 2. The summed E-state index contributed by atoms with van der Waals surface area (Å²) in [6, 6.07) is 3.00. The second-order valence-corrected chi connectivity index (χ2v) is 4.42. The zero-order valence-corrected chi connectivity index (χ0v) is 9.25. The summed E-state index contributed by atoms with van der Waals surface area (Å²) in [5.41, 5.74) is 5.85. The molecule has 0 heterocycles. The molecule has 1 amide bonds. The van der Waals surface area contributed by atoms with Crippen molar-refractivity contribution in [3.63, 3.8) is 0 Å². The number of hydrogen-bond acceptors (Lipinski definition) is 2. The zero-order chi connectivity index (χ0) is 12.4. The Labute approximate surface area is 98.0 Å². The van der Waals surface area contributed by atoms with E-state index in [0.29, 0.717) is 6.42 Å². The van der Waals surface area contributed by atoms with Crippen molar-refractivity contribution in [3.05, 3.63) is 29.8 Å². The highest BCUT2D eigenvalue weighted by molar-refractivity contribution is 5.92. The lowest BCUT2D eigenvalue weighted by atomic mass is 10.1. The van der Waals surface area contributed by atoms with Crippen LogP contribution in [0.15, 0.2) is 18.2 Å². The van der Waals surface area contributed by atoms with E-state index in [-0.39, 0.29) is 23.6 Å². The van der Waals surface area contributed by atoms with Crippen LogP contribution in [0.3, 0.4) is 0 Å². The molecule has 1 fully saturated rings. The summed E-state index contributed by atoms with van der Waals surface area (Å²) in [5.74, 6) is -1.79. The predicted octanol–water partition coefficient (Wildman–Crippen LogP) is 2.03. The van der Waals surface area contributed by atoms with Crippen molar-refractivity contribution in [2.45, 2.75) is 25.3 Å². The van der Waals surface area contributed by atoms with E-state index in [9.17, 15) is 13.6 Å². The summed E-state index contributed by atoms with van der Waals surface area (Å²) in [4.78, 5) is 11.8. The predicted molar refractivity (Wildman–Crippen MR) is 60.3 cm³/mol. The summed E-state index contributed by atoms with van der Waals surface area (Å²) >= 11 is 0. The Morgan fingerprint density at radius 2 is 1.88 bits per heavy atom. The Morgan fingerprint density at radius 1 is 1.24 bits per heavy atom. The molecule has 1 saturated carbocycles. The number of nitrogens with two attached hydrogens (primary N) is 1. The monoisotopic (exact) mass is 240 g/mol. The highest BCUT2D eigenvalue weighted by Gasteiger charge is 2.27. The number of hydrogen-bond donors (Lipinski definition) is 2. The van der Waals surface area contributed by atoms with Crippen LogP contribution in [-0.2, 0) is 4.79 Å². The molecule has 2 atom stereocenters. The largest absolute Gasteiger partial charge is 0.328 e. The number of carbonyl (C=O) groups is 1. The van der Waals surface area contributed by atoms with E-state index in [1.165, 1.54) is 0 Å². The summed E-state index contributed by atoms with van der Waals surface area (Å²) in [5, 5.41) is 2.51. The zero-order valence-electron chi connectivity index (χ0n) is 9.25. The van der Waals surface area contributed by atoms with Gasteiger partial charge in [0.05, 0.1) is 0 Å². The first-order valence-electron chi connectivity index (χ1n) is 5.57. The molecule has 2 rings (SSSR count). The second-order valence-electron chi connectivity index (χ2n) is 4.42. The van der Waals surface area contributed by atoms with Crippen LogP contribution in [0.5, 0.6) is 0 Å². The van der Waals surface area contributed by atoms with Crippen molar-refractivity contribution in [2.75, 3.05) is 5.32 Å². The average Bonchev–Trinajstić information content (AvgIpc) is 2.63. The number of nitrogens with one attached hydrogen (secondary N) is 1. The molecule has 1 aliphatic rings. The third-order valence-electron chi connectivity index (χ3n) is 2.97. The van der Waals surface area contributed by atoms with E-state index in [1.807, 2.05) is 0 Å². The van der Waals surface area contributed by atoms with Gasteiger partial charge in [0, 0.05) is 23.7 Å². The lowest BCUT2D eigenvalue weighted by Gasteiger charge is -2.10. The van der Waals surface area contributed by atoms with Crippen LogP contribution < -0.4 is 11.1 Å². The van der Waals surface area contributed by atoms with E-state index in [0.717, 1.165) is 31.0 Å². The van der Waals surface area contributed by atoms with Gasteiger partial charge >= 0.3 is 0 Å². The number of rotatable bonds is 2. The molecule has 2 unspecified atom stereocenters. The Kier molecular flexibility index (Phi) is 3.38. The Hall–Kier alpha value is -1.49. The van der Waals surface area contributed by atoms with E-state index in [2.05, 4.69) is 5.32 Å². The topological polar surface area (TPSA) is 55.1 Å². The molecule has 0 spiro atoms. The van der Waals surface area contributed by atoms with Gasteiger partial charge in [-0.2, -0.15) is 0 Å². The molecule has 17 heavy (non-hydrogen) atoms. The molecule has 1 aliphatic carbocycles. The van der Waals surface area contributed by atoms with Crippen molar-refractivity contribution in [1.82, 2.24) is 0 Å². The smallest absolute Gasteiger partial charge is 0.227 e. The van der Waals surface area contributed by atoms with Gasteiger partial charge in [0.2, 0.25) is 5.91 Å². The minimum atomic E-state index is -0.705. The molecule has 5 heteroatoms. The standard InChI is InChI=1S/C12H14F2N2O/c13-8-4-9(14)6-11(5-8)16-12(17)7-1-2-10(15)3-7/h4-7,10H,1-3,15H2,(H,16,17). The average molecular weight is 240 g/mol. The highest BCUT2D eigenvalue weighted by atomic mass is 19.1. The molecular weight excluding hydrogens is 226 g/mol. The summed E-state index contributed by atoms with van der Waals surface area (Å²) in [6.07, 6.45) is 2.17. The van der Waals surface area contributed by atoms with Gasteiger partial charge in [-0.3, -0.25) is 4.79 Å². The van der Waals surface area contributed by atoms with Gasteiger partial charge in [-0.15, -0.1) is 0 Å². The minimum absolute atomic E-state index is 0.0509. The maximum absolute atomic E-state index is 12.9. The van der Waals surface area contributed by atoms with Gasteiger partial charge in [0.1, 0.15) is 11.6 Å². The summed E-state index contributed by atoms with van der Waals surface area (Å²) in [7, 11) is 0. The Bertz CT molecular complexity index is 416. The first-order chi connectivity index (χ1) is 8.04. The van der Waals surface area contributed by atoms with Crippen LogP contribution >= 0.6 is 0 Å². The number of carbonyl (C=O) groups excluding carboxylic acids is 1. The van der Waals surface area contributed by atoms with Crippen molar-refractivity contribution in [1.29, 1.82) is 0 Å². The van der Waals surface area contributed by atoms with Gasteiger partial charge in [-0.1, -0.05) is 0 Å². The maximum Gasteiger partial charge on any atom is 0.227 e. The normalized spacial score (nSPS) is 23.7. The minimum Gasteiger partial charge on any atom is -0.328 e. The van der Waals surface area contributed by atoms with Crippen molar-refractivity contribution >= 4 is 11.6 Å². The first kappa shape index (κ1) is 12.0. The molecule has 1 aromatic rings. The van der Waals surface area contributed by atoms with Gasteiger partial charge in [-0.05, 0) is 31.4 Å². The fourth-order valence-corrected chi connectivity index (χ4v) is 2.12. The van der Waals surface area contributed by atoms with Crippen LogP contribution in [0.2, 0.25) is 0 Å². The molecule has 92 valence electrons. The second kappa shape index (κ2) is 4.79. The molecule has 1 aromatic carbocycles. The highest BCUT2D eigenvalue weighted by Crippen LogP contribution is 2.25. The summed E-state index contributed by atoms with van der Waals surface area (Å²) < 4.78 is 25.8. The molecule has 3 nitrogen and oxygen atoms in total.